The molecule has 1 aromatic heterocycles. The van der Waals surface area contributed by atoms with Gasteiger partial charge in [-0.1, -0.05) is 12.1 Å². The van der Waals surface area contributed by atoms with Crippen molar-refractivity contribution in [1.29, 1.82) is 0 Å². The molecule has 2 rings (SSSR count). The van der Waals surface area contributed by atoms with E-state index in [4.69, 9.17) is 0 Å². The van der Waals surface area contributed by atoms with Crippen molar-refractivity contribution in [2.75, 3.05) is 7.11 Å². The van der Waals surface area contributed by atoms with Crippen LogP contribution in [-0.4, -0.2) is 12.1 Å². The fourth-order valence-corrected chi connectivity index (χ4v) is 1.64. The maximum absolute atomic E-state index is 13.1. The summed E-state index contributed by atoms with van der Waals surface area (Å²) >= 11 is 0. The Morgan fingerprint density at radius 2 is 1.84 bits per heavy atom. The molecule has 2 aromatic rings. The van der Waals surface area contributed by atoms with Gasteiger partial charge in [0.1, 0.15) is 11.4 Å². The van der Waals surface area contributed by atoms with Crippen molar-refractivity contribution in [3.63, 3.8) is 0 Å². The first-order valence-electron chi connectivity index (χ1n) is 5.29. The minimum Gasteiger partial charge on any atom is -0.481 e. The topological polar surface area (TPSA) is 22.1 Å². The Kier molecular flexibility index (Phi) is 3.42. The van der Waals surface area contributed by atoms with Crippen LogP contribution in [-0.2, 0) is 6.18 Å². The van der Waals surface area contributed by atoms with Crippen molar-refractivity contribution in [2.45, 2.75) is 6.18 Å². The lowest BCUT2D eigenvalue weighted by molar-refractivity contribution is -0.139. The third-order valence-electron chi connectivity index (χ3n) is 2.51. The summed E-state index contributed by atoms with van der Waals surface area (Å²) in [6, 6.07) is 6.17. The molecule has 19 heavy (non-hydrogen) atoms. The molecule has 100 valence electrons. The first kappa shape index (κ1) is 13.3. The zero-order valence-corrected chi connectivity index (χ0v) is 9.83. The lowest BCUT2D eigenvalue weighted by atomic mass is 10.1. The van der Waals surface area contributed by atoms with Crippen LogP contribution in [0.1, 0.15) is 5.56 Å². The van der Waals surface area contributed by atoms with E-state index >= 15 is 0 Å². The Balaban J connectivity index is 2.55. The van der Waals surface area contributed by atoms with Gasteiger partial charge >= 0.3 is 6.18 Å². The smallest absolute Gasteiger partial charge is 0.421 e. The summed E-state index contributed by atoms with van der Waals surface area (Å²) in [4.78, 5) is 3.60. The number of halogens is 4. The highest BCUT2D eigenvalue weighted by Gasteiger charge is 2.35. The van der Waals surface area contributed by atoms with Gasteiger partial charge in [-0.05, 0) is 23.8 Å². The number of rotatable bonds is 2. The third-order valence-corrected chi connectivity index (χ3v) is 2.51. The number of benzene rings is 1. The molecule has 2 nitrogen and oxygen atoms in total. The second kappa shape index (κ2) is 4.87. The van der Waals surface area contributed by atoms with Crippen LogP contribution in [0.2, 0.25) is 0 Å². The zero-order chi connectivity index (χ0) is 14.0. The van der Waals surface area contributed by atoms with Crippen LogP contribution in [0.5, 0.6) is 5.88 Å². The van der Waals surface area contributed by atoms with Gasteiger partial charge in [0.05, 0.1) is 7.11 Å². The lowest BCUT2D eigenvalue weighted by Gasteiger charge is -2.12. The van der Waals surface area contributed by atoms with Gasteiger partial charge in [-0.25, -0.2) is 9.37 Å². The van der Waals surface area contributed by atoms with E-state index in [0.717, 1.165) is 19.2 Å². The first-order chi connectivity index (χ1) is 8.91. The molecule has 0 N–H and O–H groups in total. The summed E-state index contributed by atoms with van der Waals surface area (Å²) < 4.78 is 56.1. The van der Waals surface area contributed by atoms with E-state index in [2.05, 4.69) is 9.72 Å². The van der Waals surface area contributed by atoms with Crippen LogP contribution in [0.4, 0.5) is 17.6 Å². The van der Waals surface area contributed by atoms with Crippen molar-refractivity contribution in [1.82, 2.24) is 4.98 Å². The highest BCUT2D eigenvalue weighted by Crippen LogP contribution is 2.37. The van der Waals surface area contributed by atoms with Crippen molar-refractivity contribution in [3.8, 4) is 17.0 Å². The standard InChI is InChI=1S/C13H9F4NO/c1-19-12-11(13(15,16)17)6-9(7-18-12)8-3-2-4-10(14)5-8/h2-7H,1H3. The number of aromatic nitrogens is 1. The summed E-state index contributed by atoms with van der Waals surface area (Å²) in [7, 11) is 1.11. The third kappa shape index (κ3) is 2.83. The van der Waals surface area contributed by atoms with Crippen LogP contribution >= 0.6 is 0 Å². The number of hydrogen-bond acceptors (Lipinski definition) is 2. The SMILES string of the molecule is COc1ncc(-c2cccc(F)c2)cc1C(F)(F)F. The van der Waals surface area contributed by atoms with Crippen molar-refractivity contribution >= 4 is 0 Å². The number of ether oxygens (including phenoxy) is 1. The summed E-state index contributed by atoms with van der Waals surface area (Å²) in [5.41, 5.74) is -0.495. The molecule has 0 aliphatic heterocycles. The Morgan fingerprint density at radius 3 is 2.42 bits per heavy atom. The Bertz CT molecular complexity index is 595. The van der Waals surface area contributed by atoms with Gasteiger partial charge in [-0.3, -0.25) is 0 Å². The molecular formula is C13H9F4NO. The minimum absolute atomic E-state index is 0.174. The van der Waals surface area contributed by atoms with Gasteiger partial charge < -0.3 is 4.74 Å². The fourth-order valence-electron chi connectivity index (χ4n) is 1.64. The quantitative estimate of drug-likeness (QED) is 0.772. The van der Waals surface area contributed by atoms with Crippen LogP contribution in [0.3, 0.4) is 0 Å². The van der Waals surface area contributed by atoms with Crippen molar-refractivity contribution in [3.05, 3.63) is 47.9 Å². The molecule has 0 saturated heterocycles. The van der Waals surface area contributed by atoms with Crippen molar-refractivity contribution < 1.29 is 22.3 Å². The van der Waals surface area contributed by atoms with Crippen molar-refractivity contribution in [2.24, 2.45) is 0 Å². The Morgan fingerprint density at radius 1 is 1.11 bits per heavy atom. The van der Waals surface area contributed by atoms with Crippen LogP contribution in [0, 0.1) is 5.82 Å². The molecule has 0 atom stereocenters. The number of pyridine rings is 1. The van der Waals surface area contributed by atoms with Crippen LogP contribution in [0.15, 0.2) is 36.5 Å². The van der Waals surface area contributed by atoms with E-state index in [1.165, 1.54) is 24.4 Å². The molecule has 0 bridgehead atoms. The maximum Gasteiger partial charge on any atom is 0.421 e. The van der Waals surface area contributed by atoms with E-state index in [1.807, 2.05) is 0 Å². The summed E-state index contributed by atoms with van der Waals surface area (Å²) in [6.07, 6.45) is -3.37. The molecule has 1 aromatic carbocycles. The summed E-state index contributed by atoms with van der Waals surface area (Å²) in [5, 5.41) is 0. The van der Waals surface area contributed by atoms with E-state index in [1.54, 1.807) is 0 Å². The van der Waals surface area contributed by atoms with Gasteiger partial charge in [0.25, 0.3) is 0 Å². The molecule has 0 radical (unpaired) electrons. The Hall–Kier alpha value is -2.11. The minimum atomic E-state index is -4.58. The number of nitrogens with zero attached hydrogens (tertiary/aromatic N) is 1. The Labute approximate surface area is 106 Å². The summed E-state index contributed by atoms with van der Waals surface area (Å²) in [5.74, 6) is -1.03. The number of methoxy groups -OCH3 is 1. The molecular weight excluding hydrogens is 262 g/mol. The van der Waals surface area contributed by atoms with Crippen LogP contribution < -0.4 is 4.74 Å². The monoisotopic (exact) mass is 271 g/mol. The second-order valence-electron chi connectivity index (χ2n) is 3.79. The molecule has 0 unspecified atom stereocenters. The average molecular weight is 271 g/mol. The highest BCUT2D eigenvalue weighted by atomic mass is 19.4. The van der Waals surface area contributed by atoms with Gasteiger partial charge in [-0.2, -0.15) is 13.2 Å². The normalized spacial score (nSPS) is 11.4. The largest absolute Gasteiger partial charge is 0.481 e. The molecule has 0 amide bonds. The van der Waals surface area contributed by atoms with E-state index in [-0.39, 0.29) is 5.56 Å². The van der Waals surface area contributed by atoms with Crippen LogP contribution in [0.25, 0.3) is 11.1 Å². The molecule has 1 heterocycles. The molecule has 0 fully saturated rings. The van der Waals surface area contributed by atoms with Gasteiger partial charge in [-0.15, -0.1) is 0 Å². The molecule has 0 aliphatic rings. The highest BCUT2D eigenvalue weighted by molar-refractivity contribution is 5.64. The summed E-state index contributed by atoms with van der Waals surface area (Å²) in [6.45, 7) is 0. The average Bonchev–Trinajstić information content (AvgIpc) is 2.37. The van der Waals surface area contributed by atoms with E-state index in [9.17, 15) is 17.6 Å². The first-order valence-corrected chi connectivity index (χ1v) is 5.29. The number of hydrogen-bond donors (Lipinski definition) is 0. The molecule has 0 aliphatic carbocycles. The second-order valence-corrected chi connectivity index (χ2v) is 3.79. The molecule has 0 spiro atoms. The van der Waals surface area contributed by atoms with E-state index in [0.29, 0.717) is 5.56 Å². The lowest BCUT2D eigenvalue weighted by Crippen LogP contribution is -2.09. The fraction of sp³-hybridized carbons (Fsp3) is 0.154. The van der Waals surface area contributed by atoms with Gasteiger partial charge in [0, 0.05) is 11.8 Å². The predicted octanol–water partition coefficient (Wildman–Crippen LogP) is 3.92. The van der Waals surface area contributed by atoms with Gasteiger partial charge in [0.2, 0.25) is 5.88 Å². The number of alkyl halides is 3. The predicted molar refractivity (Wildman–Crippen MR) is 61.2 cm³/mol. The molecule has 6 heteroatoms. The zero-order valence-electron chi connectivity index (χ0n) is 9.83. The maximum atomic E-state index is 13.1. The molecule has 0 saturated carbocycles. The van der Waals surface area contributed by atoms with E-state index < -0.39 is 23.4 Å². The van der Waals surface area contributed by atoms with Gasteiger partial charge in [0.15, 0.2) is 0 Å².